The lowest BCUT2D eigenvalue weighted by Gasteiger charge is -2.32. The number of halogens is 1. The predicted molar refractivity (Wildman–Crippen MR) is 115 cm³/mol. The lowest BCUT2D eigenvalue weighted by Crippen LogP contribution is -2.37. The van der Waals surface area contributed by atoms with Crippen LogP contribution in [0.3, 0.4) is 0 Å². The molecule has 3 heterocycles. The molecular formula is C22H25ClN4O3. The van der Waals surface area contributed by atoms with E-state index in [0.717, 1.165) is 48.2 Å². The van der Waals surface area contributed by atoms with Crippen molar-refractivity contribution in [1.29, 1.82) is 0 Å². The molecule has 1 fully saturated rings. The van der Waals surface area contributed by atoms with Crippen LogP contribution >= 0.6 is 11.6 Å². The van der Waals surface area contributed by atoms with Crippen LogP contribution in [0.5, 0.6) is 0 Å². The van der Waals surface area contributed by atoms with Gasteiger partial charge in [0.15, 0.2) is 0 Å². The monoisotopic (exact) mass is 428 g/mol. The number of carbonyl (C=O) groups is 1. The summed E-state index contributed by atoms with van der Waals surface area (Å²) < 4.78 is 7.07. The van der Waals surface area contributed by atoms with Crippen LogP contribution in [0.15, 0.2) is 36.7 Å². The van der Waals surface area contributed by atoms with E-state index in [-0.39, 0.29) is 18.5 Å². The van der Waals surface area contributed by atoms with Gasteiger partial charge in [0, 0.05) is 36.3 Å². The first kappa shape index (κ1) is 20.8. The van der Waals surface area contributed by atoms with Crippen LogP contribution in [0.2, 0.25) is 5.02 Å². The van der Waals surface area contributed by atoms with Crippen LogP contribution in [0.4, 0.5) is 0 Å². The number of benzene rings is 1. The quantitative estimate of drug-likeness (QED) is 0.605. The number of aliphatic hydroxyl groups is 1. The summed E-state index contributed by atoms with van der Waals surface area (Å²) in [5.41, 5.74) is 2.83. The van der Waals surface area contributed by atoms with Crippen molar-refractivity contribution in [2.45, 2.75) is 26.3 Å². The molecule has 158 valence electrons. The van der Waals surface area contributed by atoms with Gasteiger partial charge in [-0.15, -0.1) is 0 Å². The van der Waals surface area contributed by atoms with Crippen molar-refractivity contribution in [2.75, 3.05) is 26.3 Å². The third kappa shape index (κ3) is 4.19. The zero-order valence-corrected chi connectivity index (χ0v) is 17.7. The summed E-state index contributed by atoms with van der Waals surface area (Å²) >= 11 is 6.13. The Morgan fingerprint density at radius 1 is 1.37 bits per heavy atom. The maximum atomic E-state index is 12.6. The summed E-state index contributed by atoms with van der Waals surface area (Å²) in [4.78, 5) is 19.3. The van der Waals surface area contributed by atoms with E-state index in [4.69, 9.17) is 16.3 Å². The van der Waals surface area contributed by atoms with E-state index in [1.807, 2.05) is 24.3 Å². The molecule has 2 aromatic heterocycles. The van der Waals surface area contributed by atoms with Crippen LogP contribution in [0, 0.1) is 5.92 Å². The third-order valence-corrected chi connectivity index (χ3v) is 5.74. The number of likely N-dealkylation sites (tertiary alicyclic amines) is 1. The van der Waals surface area contributed by atoms with Crippen LogP contribution in [-0.2, 0) is 11.3 Å². The molecule has 0 amide bonds. The molecule has 0 bridgehead atoms. The van der Waals surface area contributed by atoms with Gasteiger partial charge in [-0.05, 0) is 56.5 Å². The molecule has 8 heteroatoms. The first-order valence-electron chi connectivity index (χ1n) is 10.2. The Bertz CT molecular complexity index is 1050. The summed E-state index contributed by atoms with van der Waals surface area (Å²) in [6.45, 7) is 4.51. The van der Waals surface area contributed by atoms with Crippen molar-refractivity contribution in [1.82, 2.24) is 19.7 Å². The minimum absolute atomic E-state index is 0.177. The number of hydrogen-bond donors (Lipinski definition) is 1. The highest BCUT2D eigenvalue weighted by Crippen LogP contribution is 2.27. The number of aromatic nitrogens is 3. The Labute approximate surface area is 180 Å². The van der Waals surface area contributed by atoms with Crippen LogP contribution in [-0.4, -0.2) is 57.0 Å². The van der Waals surface area contributed by atoms with Crippen molar-refractivity contribution in [2.24, 2.45) is 5.92 Å². The molecule has 1 atom stereocenters. The second-order valence-electron chi connectivity index (χ2n) is 7.55. The van der Waals surface area contributed by atoms with Gasteiger partial charge >= 0.3 is 5.97 Å². The van der Waals surface area contributed by atoms with Crippen LogP contribution in [0.25, 0.3) is 16.6 Å². The number of nitrogens with zero attached hydrogens (tertiary/aromatic N) is 4. The third-order valence-electron chi connectivity index (χ3n) is 5.51. The van der Waals surface area contributed by atoms with Crippen molar-refractivity contribution in [3.63, 3.8) is 0 Å². The number of carbonyl (C=O) groups excluding carboxylic acids is 1. The Balaban J connectivity index is 1.78. The highest BCUT2D eigenvalue weighted by Gasteiger charge is 2.25. The fraction of sp³-hybridized carbons (Fsp3) is 0.409. The fourth-order valence-electron chi connectivity index (χ4n) is 4.06. The SMILES string of the molecule is CCOC(=O)c1cnn(-c2ccnc3cc(Cl)ccc23)c1CN1CCCC(CO)C1. The molecule has 1 saturated heterocycles. The summed E-state index contributed by atoms with van der Waals surface area (Å²) in [5.74, 6) is -0.124. The van der Waals surface area contributed by atoms with Gasteiger partial charge < -0.3 is 9.84 Å². The highest BCUT2D eigenvalue weighted by molar-refractivity contribution is 6.31. The number of esters is 1. The molecule has 1 aromatic carbocycles. The molecule has 1 N–H and O–H groups in total. The normalized spacial score (nSPS) is 17.4. The number of hydrogen-bond acceptors (Lipinski definition) is 6. The van der Waals surface area contributed by atoms with Crippen LogP contribution in [0.1, 0.15) is 35.8 Å². The van der Waals surface area contributed by atoms with Gasteiger partial charge in [0.2, 0.25) is 0 Å². The molecule has 1 unspecified atom stereocenters. The average molecular weight is 429 g/mol. The molecule has 0 radical (unpaired) electrons. The fourth-order valence-corrected chi connectivity index (χ4v) is 4.23. The summed E-state index contributed by atoms with van der Waals surface area (Å²) in [6, 6.07) is 7.43. The van der Waals surface area contributed by atoms with E-state index < -0.39 is 0 Å². The maximum Gasteiger partial charge on any atom is 0.341 e. The van der Waals surface area contributed by atoms with E-state index in [9.17, 15) is 9.90 Å². The minimum atomic E-state index is -0.379. The predicted octanol–water partition coefficient (Wildman–Crippen LogP) is 3.45. The van der Waals surface area contributed by atoms with Gasteiger partial charge in [0.05, 0.1) is 29.7 Å². The Kier molecular flexibility index (Phi) is 6.32. The number of pyridine rings is 1. The van der Waals surface area contributed by atoms with Crippen molar-refractivity contribution >= 4 is 28.5 Å². The number of fused-ring (bicyclic) bond motifs is 1. The average Bonchev–Trinajstić information content (AvgIpc) is 3.16. The van der Waals surface area contributed by atoms with E-state index >= 15 is 0 Å². The van der Waals surface area contributed by atoms with Gasteiger partial charge in [-0.3, -0.25) is 9.88 Å². The molecule has 30 heavy (non-hydrogen) atoms. The second kappa shape index (κ2) is 9.12. The standard InChI is InChI=1S/C22H25ClN4O3/c1-2-30-22(29)18-11-25-27(21(18)13-26-9-3-4-15(12-26)14-28)20-7-8-24-19-10-16(23)5-6-17(19)20/h5-8,10-11,15,28H,2-4,9,12-14H2,1H3. The summed E-state index contributed by atoms with van der Waals surface area (Å²) in [6.07, 6.45) is 5.33. The molecule has 3 aromatic rings. The molecule has 7 nitrogen and oxygen atoms in total. The van der Waals surface area contributed by atoms with E-state index in [1.165, 1.54) is 0 Å². The minimum Gasteiger partial charge on any atom is -0.462 e. The van der Waals surface area contributed by atoms with E-state index in [1.54, 1.807) is 24.0 Å². The zero-order valence-electron chi connectivity index (χ0n) is 16.9. The number of piperidine rings is 1. The highest BCUT2D eigenvalue weighted by atomic mass is 35.5. The number of aliphatic hydroxyl groups excluding tert-OH is 1. The van der Waals surface area contributed by atoms with Gasteiger partial charge in [0.25, 0.3) is 0 Å². The van der Waals surface area contributed by atoms with Gasteiger partial charge in [-0.1, -0.05) is 11.6 Å². The largest absolute Gasteiger partial charge is 0.462 e. The van der Waals surface area contributed by atoms with Crippen molar-refractivity contribution < 1.29 is 14.6 Å². The first-order chi connectivity index (χ1) is 14.6. The van der Waals surface area contributed by atoms with Crippen LogP contribution < -0.4 is 0 Å². The lowest BCUT2D eigenvalue weighted by atomic mass is 9.99. The van der Waals surface area contributed by atoms with Crippen molar-refractivity contribution in [3.8, 4) is 5.69 Å². The van der Waals surface area contributed by atoms with Gasteiger partial charge in [0.1, 0.15) is 5.56 Å². The lowest BCUT2D eigenvalue weighted by molar-refractivity contribution is 0.0522. The molecule has 4 rings (SSSR count). The smallest absolute Gasteiger partial charge is 0.341 e. The molecule has 1 aliphatic heterocycles. The molecule has 0 saturated carbocycles. The molecule has 0 aliphatic carbocycles. The first-order valence-corrected chi connectivity index (χ1v) is 10.6. The molecule has 1 aliphatic rings. The number of ether oxygens (including phenoxy) is 1. The Hall–Kier alpha value is -2.48. The van der Waals surface area contributed by atoms with Gasteiger partial charge in [-0.2, -0.15) is 5.10 Å². The number of rotatable bonds is 6. The molecule has 0 spiro atoms. The van der Waals surface area contributed by atoms with Crippen molar-refractivity contribution in [3.05, 3.63) is 52.9 Å². The second-order valence-corrected chi connectivity index (χ2v) is 7.99. The summed E-state index contributed by atoms with van der Waals surface area (Å²) in [5, 5.41) is 15.6. The van der Waals surface area contributed by atoms with E-state index in [0.29, 0.717) is 23.7 Å². The Morgan fingerprint density at radius 2 is 2.23 bits per heavy atom. The van der Waals surface area contributed by atoms with E-state index in [2.05, 4.69) is 15.0 Å². The molecular weight excluding hydrogens is 404 g/mol. The zero-order chi connectivity index (χ0) is 21.1. The maximum absolute atomic E-state index is 12.6. The van der Waals surface area contributed by atoms with Gasteiger partial charge in [-0.25, -0.2) is 9.48 Å². The topological polar surface area (TPSA) is 80.5 Å². The summed E-state index contributed by atoms with van der Waals surface area (Å²) in [7, 11) is 0. The Morgan fingerprint density at radius 3 is 3.03 bits per heavy atom.